The van der Waals surface area contributed by atoms with Crippen molar-refractivity contribution in [1.29, 1.82) is 0 Å². The van der Waals surface area contributed by atoms with Gasteiger partial charge in [0.05, 0.1) is 19.3 Å². The maximum absolute atomic E-state index is 2.24. The standard InChI is InChI=1S/C14H20N3.HI/c1-4-17(14-8-6-5-7-9-14)16-11-10-13(2)15(3)12-16;/h5-13H,4H2,1-3H3;1H/q+1;/p-1. The first-order chi connectivity index (χ1) is 8.22. The molecule has 2 rings (SSSR count). The third-order valence-corrected chi connectivity index (χ3v) is 3.09. The summed E-state index contributed by atoms with van der Waals surface area (Å²) in [5.74, 6) is 0. The minimum Gasteiger partial charge on any atom is -1.00 e. The Morgan fingerprint density at radius 2 is 1.94 bits per heavy atom. The molecular weight excluding hydrogens is 337 g/mol. The van der Waals surface area contributed by atoms with Gasteiger partial charge in [0.2, 0.25) is 0 Å². The summed E-state index contributed by atoms with van der Waals surface area (Å²) >= 11 is 0. The number of hydrazine groups is 1. The minimum absolute atomic E-state index is 0. The third kappa shape index (κ3) is 3.25. The van der Waals surface area contributed by atoms with E-state index in [1.54, 1.807) is 0 Å². The summed E-state index contributed by atoms with van der Waals surface area (Å²) in [6.45, 7) is 5.28. The van der Waals surface area contributed by atoms with Crippen molar-refractivity contribution in [3.8, 4) is 0 Å². The van der Waals surface area contributed by atoms with Crippen LogP contribution in [0.1, 0.15) is 13.8 Å². The van der Waals surface area contributed by atoms with E-state index in [0.29, 0.717) is 6.04 Å². The van der Waals surface area contributed by atoms with Crippen LogP contribution in [0.2, 0.25) is 0 Å². The van der Waals surface area contributed by atoms with E-state index in [2.05, 4.69) is 78.4 Å². The number of benzene rings is 1. The molecule has 0 amide bonds. The Hall–Kier alpha value is -1.04. The fraction of sp³-hybridized carbons (Fsp3) is 0.357. The van der Waals surface area contributed by atoms with Gasteiger partial charge in [-0.25, -0.2) is 5.01 Å². The van der Waals surface area contributed by atoms with Crippen LogP contribution in [-0.4, -0.2) is 35.6 Å². The van der Waals surface area contributed by atoms with E-state index in [0.717, 1.165) is 6.54 Å². The van der Waals surface area contributed by atoms with Gasteiger partial charge in [0.1, 0.15) is 12.2 Å². The topological polar surface area (TPSA) is 9.49 Å². The molecule has 0 saturated carbocycles. The molecule has 18 heavy (non-hydrogen) atoms. The number of likely N-dealkylation sites (N-methyl/N-ethyl adjacent to an activating group) is 1. The zero-order chi connectivity index (χ0) is 12.3. The van der Waals surface area contributed by atoms with Crippen LogP contribution in [0.15, 0.2) is 42.6 Å². The highest BCUT2D eigenvalue weighted by molar-refractivity contribution is 5.53. The Morgan fingerprint density at radius 1 is 1.28 bits per heavy atom. The van der Waals surface area contributed by atoms with Crippen LogP contribution in [0.5, 0.6) is 0 Å². The Morgan fingerprint density at radius 3 is 2.50 bits per heavy atom. The summed E-state index contributed by atoms with van der Waals surface area (Å²) in [4.78, 5) is 2.20. The highest BCUT2D eigenvalue weighted by atomic mass is 127. The Balaban J connectivity index is 0.00000162. The second-order valence-corrected chi connectivity index (χ2v) is 4.29. The van der Waals surface area contributed by atoms with Gasteiger partial charge in [0, 0.05) is 6.08 Å². The van der Waals surface area contributed by atoms with E-state index in [9.17, 15) is 0 Å². The molecule has 98 valence electrons. The van der Waals surface area contributed by atoms with E-state index < -0.39 is 0 Å². The molecule has 0 aromatic heterocycles. The summed E-state index contributed by atoms with van der Waals surface area (Å²) in [5.41, 5.74) is 1.21. The van der Waals surface area contributed by atoms with Crippen molar-refractivity contribution in [3.63, 3.8) is 0 Å². The molecule has 3 nitrogen and oxygen atoms in total. The van der Waals surface area contributed by atoms with Crippen molar-refractivity contribution in [2.24, 2.45) is 0 Å². The number of hydrogen-bond donors (Lipinski definition) is 0. The van der Waals surface area contributed by atoms with Crippen molar-refractivity contribution in [2.45, 2.75) is 19.9 Å². The minimum atomic E-state index is 0. The summed E-state index contributed by atoms with van der Waals surface area (Å²) in [5, 5.41) is 2.24. The maximum atomic E-state index is 2.24. The lowest BCUT2D eigenvalue weighted by Gasteiger charge is -2.26. The predicted molar refractivity (Wildman–Crippen MR) is 72.2 cm³/mol. The SMILES string of the molecule is CCN(c1ccccc1)[N+]1=CN(C)C(C)C=C1.[I-]. The van der Waals surface area contributed by atoms with Gasteiger partial charge in [-0.1, -0.05) is 18.2 Å². The van der Waals surface area contributed by atoms with E-state index >= 15 is 0 Å². The van der Waals surface area contributed by atoms with Crippen molar-refractivity contribution in [1.82, 2.24) is 4.90 Å². The first-order valence-electron chi connectivity index (χ1n) is 6.08. The summed E-state index contributed by atoms with van der Waals surface area (Å²) in [6.07, 6.45) is 6.45. The van der Waals surface area contributed by atoms with Crippen LogP contribution in [0, 0.1) is 0 Å². The Bertz CT molecular complexity index is 428. The molecule has 0 radical (unpaired) electrons. The Kier molecular flexibility index (Phi) is 5.65. The molecule has 0 aliphatic carbocycles. The molecule has 1 unspecified atom stereocenters. The van der Waals surface area contributed by atoms with E-state index in [1.807, 2.05) is 6.07 Å². The predicted octanol–water partition coefficient (Wildman–Crippen LogP) is -0.680. The van der Waals surface area contributed by atoms with Crippen LogP contribution in [0.25, 0.3) is 0 Å². The lowest BCUT2D eigenvalue weighted by Crippen LogP contribution is -3.00. The van der Waals surface area contributed by atoms with E-state index in [1.165, 1.54) is 5.69 Å². The molecule has 1 aliphatic heterocycles. The normalized spacial score (nSPS) is 18.1. The van der Waals surface area contributed by atoms with E-state index in [-0.39, 0.29) is 24.0 Å². The fourth-order valence-electron chi connectivity index (χ4n) is 1.90. The van der Waals surface area contributed by atoms with Gasteiger partial charge < -0.3 is 24.0 Å². The highest BCUT2D eigenvalue weighted by Gasteiger charge is 2.19. The smallest absolute Gasteiger partial charge is 0.262 e. The monoisotopic (exact) mass is 357 g/mol. The van der Waals surface area contributed by atoms with Gasteiger partial charge >= 0.3 is 0 Å². The molecule has 1 aromatic carbocycles. The largest absolute Gasteiger partial charge is 1.00 e. The highest BCUT2D eigenvalue weighted by Crippen LogP contribution is 2.14. The number of para-hydroxylation sites is 1. The Labute approximate surface area is 126 Å². The summed E-state index contributed by atoms with van der Waals surface area (Å²) < 4.78 is 2.13. The van der Waals surface area contributed by atoms with E-state index in [4.69, 9.17) is 0 Å². The summed E-state index contributed by atoms with van der Waals surface area (Å²) in [6, 6.07) is 10.9. The first kappa shape index (κ1) is 15.0. The van der Waals surface area contributed by atoms with Crippen LogP contribution in [0.4, 0.5) is 5.69 Å². The van der Waals surface area contributed by atoms with Gasteiger partial charge in [-0.15, -0.1) is 4.68 Å². The molecule has 0 N–H and O–H groups in total. The molecule has 1 aliphatic rings. The average Bonchev–Trinajstić information content (AvgIpc) is 2.36. The lowest BCUT2D eigenvalue weighted by atomic mass is 10.3. The van der Waals surface area contributed by atoms with Gasteiger partial charge in [-0.2, -0.15) is 0 Å². The van der Waals surface area contributed by atoms with Gasteiger partial charge in [-0.05, 0) is 26.0 Å². The van der Waals surface area contributed by atoms with Crippen LogP contribution in [-0.2, 0) is 0 Å². The molecule has 1 aromatic rings. The van der Waals surface area contributed by atoms with Crippen LogP contribution >= 0.6 is 0 Å². The molecule has 0 bridgehead atoms. The molecule has 1 atom stereocenters. The second kappa shape index (κ2) is 6.78. The van der Waals surface area contributed by atoms with Crippen molar-refractivity contribution in [3.05, 3.63) is 42.6 Å². The molecule has 0 fully saturated rings. The maximum Gasteiger partial charge on any atom is 0.262 e. The number of nitrogens with zero attached hydrogens (tertiary/aromatic N) is 3. The third-order valence-electron chi connectivity index (χ3n) is 3.09. The van der Waals surface area contributed by atoms with Crippen molar-refractivity contribution in [2.75, 3.05) is 18.6 Å². The van der Waals surface area contributed by atoms with Gasteiger partial charge in [0.15, 0.2) is 0 Å². The molecule has 0 spiro atoms. The zero-order valence-electron chi connectivity index (χ0n) is 11.1. The zero-order valence-corrected chi connectivity index (χ0v) is 13.3. The van der Waals surface area contributed by atoms with Crippen molar-refractivity contribution < 1.29 is 28.7 Å². The number of hydrazone groups is 1. The molecule has 1 heterocycles. The summed E-state index contributed by atoms with van der Waals surface area (Å²) in [7, 11) is 2.10. The van der Waals surface area contributed by atoms with Crippen LogP contribution in [0.3, 0.4) is 0 Å². The quantitative estimate of drug-likeness (QED) is 0.524. The number of rotatable bonds is 3. The molecule has 0 saturated heterocycles. The van der Waals surface area contributed by atoms with Gasteiger partial charge in [-0.3, -0.25) is 4.90 Å². The molecular formula is C14H20IN3. The average molecular weight is 357 g/mol. The fourth-order valence-corrected chi connectivity index (χ4v) is 1.90. The number of halogens is 1. The first-order valence-corrected chi connectivity index (χ1v) is 6.08. The molecule has 4 heteroatoms. The van der Waals surface area contributed by atoms with Gasteiger partial charge in [0.25, 0.3) is 6.34 Å². The second-order valence-electron chi connectivity index (χ2n) is 4.29. The number of hydrogen-bond acceptors (Lipinski definition) is 2. The number of anilines is 1. The lowest BCUT2D eigenvalue weighted by molar-refractivity contribution is -0.474. The van der Waals surface area contributed by atoms with Crippen molar-refractivity contribution >= 4 is 12.0 Å². The van der Waals surface area contributed by atoms with Crippen LogP contribution < -0.4 is 29.0 Å².